The van der Waals surface area contributed by atoms with E-state index in [-0.39, 0.29) is 21.7 Å². The van der Waals surface area contributed by atoms with Gasteiger partial charge in [-0.3, -0.25) is 0 Å². The average Bonchev–Trinajstić information content (AvgIpc) is 2.89. The summed E-state index contributed by atoms with van der Waals surface area (Å²) >= 11 is -4.29. The number of rotatable bonds is 1. The molecule has 45 heavy (non-hydrogen) atoms. The Kier molecular flexibility index (Phi) is 9.80. The fraction of sp³-hybridized carbons (Fsp3) is 0.447. The summed E-state index contributed by atoms with van der Waals surface area (Å²) in [6.07, 6.45) is 3.69. The third kappa shape index (κ3) is 8.43. The molecule has 0 amide bonds. The van der Waals surface area contributed by atoms with Crippen molar-refractivity contribution in [3.8, 4) is 11.5 Å². The van der Waals surface area contributed by atoms with Crippen molar-refractivity contribution >= 4 is 53.8 Å². The molecule has 0 aromatic heterocycles. The molecule has 0 saturated carbocycles. The Balaban J connectivity index is 2.11. The molecule has 7 heteroatoms. The fourth-order valence-electron chi connectivity index (χ4n) is 5.10. The van der Waals surface area contributed by atoms with Crippen molar-refractivity contribution in [1.29, 1.82) is 0 Å². The first-order valence-corrected chi connectivity index (χ1v) is 21.2. The van der Waals surface area contributed by atoms with E-state index in [0.29, 0.717) is 11.5 Å². The molecule has 0 N–H and O–H groups in total. The van der Waals surface area contributed by atoms with E-state index in [1.807, 2.05) is 36.7 Å². The first-order valence-electron chi connectivity index (χ1n) is 15.7. The SMILES string of the molecule is CC(=O)[O][Tl]1[O]c2c(cc(C(C)(C)C)cc2C(C)(C)C)C=Nc2ccccc2N=Cc2cc(C(C)(C)C)cc(C(C)(C)C)c2[O]1. The molecule has 0 atom stereocenters. The Labute approximate surface area is 280 Å². The van der Waals surface area contributed by atoms with Crippen molar-refractivity contribution < 1.29 is 12.9 Å². The summed E-state index contributed by atoms with van der Waals surface area (Å²) in [5.41, 5.74) is 6.65. The van der Waals surface area contributed by atoms with Gasteiger partial charge in [-0.25, -0.2) is 0 Å². The minimum atomic E-state index is -4.29. The van der Waals surface area contributed by atoms with Crippen LogP contribution >= 0.6 is 0 Å². The molecule has 0 unspecified atom stereocenters. The second-order valence-corrected chi connectivity index (χ2v) is 21.0. The number of benzene rings is 3. The first kappa shape index (κ1) is 34.9. The maximum absolute atomic E-state index is 12.6. The van der Waals surface area contributed by atoms with Gasteiger partial charge in [0.15, 0.2) is 0 Å². The quantitative estimate of drug-likeness (QED) is 0.230. The molecule has 6 nitrogen and oxygen atoms in total. The van der Waals surface area contributed by atoms with Crippen LogP contribution in [0.2, 0.25) is 0 Å². The van der Waals surface area contributed by atoms with E-state index in [1.165, 1.54) is 6.92 Å². The van der Waals surface area contributed by atoms with Gasteiger partial charge in [0.25, 0.3) is 0 Å². The predicted octanol–water partition coefficient (Wildman–Crippen LogP) is 9.70. The Morgan fingerprint density at radius 3 is 1.31 bits per heavy atom. The number of nitrogens with zero attached hydrogens (tertiary/aromatic N) is 2. The summed E-state index contributed by atoms with van der Waals surface area (Å²) in [6, 6.07) is 16.5. The van der Waals surface area contributed by atoms with E-state index in [9.17, 15) is 4.79 Å². The van der Waals surface area contributed by atoms with E-state index >= 15 is 0 Å². The fourth-order valence-corrected chi connectivity index (χ4v) is 10.3. The van der Waals surface area contributed by atoms with E-state index in [0.717, 1.165) is 44.8 Å². The summed E-state index contributed by atoms with van der Waals surface area (Å²) in [4.78, 5) is 22.5. The Bertz CT molecular complexity index is 1530. The van der Waals surface area contributed by atoms with Crippen LogP contribution in [0.5, 0.6) is 11.5 Å². The molecule has 238 valence electrons. The van der Waals surface area contributed by atoms with Crippen LogP contribution in [0.1, 0.15) is 123 Å². The molecule has 4 rings (SSSR count). The molecule has 0 aliphatic carbocycles. The van der Waals surface area contributed by atoms with Crippen LogP contribution in [-0.4, -0.2) is 42.5 Å². The zero-order valence-corrected chi connectivity index (χ0v) is 33.9. The molecule has 3 aromatic carbocycles. The van der Waals surface area contributed by atoms with Crippen LogP contribution in [0.25, 0.3) is 0 Å². The van der Waals surface area contributed by atoms with Crippen molar-refractivity contribution in [2.75, 3.05) is 0 Å². The van der Waals surface area contributed by atoms with Gasteiger partial charge in [-0.1, -0.05) is 0 Å². The second kappa shape index (κ2) is 12.6. The molecule has 0 spiro atoms. The van der Waals surface area contributed by atoms with Gasteiger partial charge in [-0.05, 0) is 0 Å². The Morgan fingerprint density at radius 2 is 1.00 bits per heavy atom. The third-order valence-electron chi connectivity index (χ3n) is 7.84. The van der Waals surface area contributed by atoms with Gasteiger partial charge >= 0.3 is 282 Å². The van der Waals surface area contributed by atoms with Crippen LogP contribution in [0.4, 0.5) is 11.4 Å². The number of carbonyl (C=O) groups is 1. The van der Waals surface area contributed by atoms with Gasteiger partial charge in [0.2, 0.25) is 0 Å². The normalized spacial score (nSPS) is 14.1. The summed E-state index contributed by atoms with van der Waals surface area (Å²) < 4.78 is 19.7. The molecule has 3 aromatic rings. The van der Waals surface area contributed by atoms with Crippen molar-refractivity contribution in [3.05, 3.63) is 81.9 Å². The van der Waals surface area contributed by atoms with Crippen LogP contribution < -0.4 is 5.37 Å². The number of fused-ring (bicyclic) bond motifs is 3. The van der Waals surface area contributed by atoms with Gasteiger partial charge < -0.3 is 0 Å². The van der Waals surface area contributed by atoms with Crippen molar-refractivity contribution in [3.63, 3.8) is 0 Å². The molecule has 1 heterocycles. The summed E-state index contributed by atoms with van der Waals surface area (Å²) in [5, 5.41) is 0. The zero-order chi connectivity index (χ0) is 33.5. The average molecular weight is 802 g/mol. The number of para-hydroxylation sites is 2. The molecule has 0 radical (unpaired) electrons. The minimum absolute atomic E-state index is 0.117. The van der Waals surface area contributed by atoms with Crippen molar-refractivity contribution in [2.24, 2.45) is 9.98 Å². The number of carbonyl (C=O) groups excluding carboxylic acids is 1. The van der Waals surface area contributed by atoms with Crippen LogP contribution in [-0.2, 0) is 29.1 Å². The molecular weight excluding hydrogens is 753 g/mol. The predicted molar refractivity (Wildman–Crippen MR) is 187 cm³/mol. The van der Waals surface area contributed by atoms with Gasteiger partial charge in [-0.2, -0.15) is 0 Å². The van der Waals surface area contributed by atoms with E-state index in [2.05, 4.69) is 107 Å². The zero-order valence-electron chi connectivity index (χ0n) is 29.4. The van der Waals surface area contributed by atoms with Gasteiger partial charge in [0, 0.05) is 0 Å². The Morgan fingerprint density at radius 1 is 0.622 bits per heavy atom. The van der Waals surface area contributed by atoms with Crippen molar-refractivity contribution in [2.45, 2.75) is 112 Å². The Hall–Kier alpha value is -3.01. The van der Waals surface area contributed by atoms with E-state index in [1.54, 1.807) is 0 Å². The molecule has 1 aliphatic rings. The molecule has 1 aliphatic heterocycles. The first-order chi connectivity index (χ1) is 20.6. The van der Waals surface area contributed by atoms with Gasteiger partial charge in [0.1, 0.15) is 0 Å². The maximum atomic E-state index is 12.6. The summed E-state index contributed by atoms with van der Waals surface area (Å²) in [5.74, 6) is 0.876. The van der Waals surface area contributed by atoms with Gasteiger partial charge in [0.05, 0.1) is 0 Å². The van der Waals surface area contributed by atoms with E-state index < -0.39 is 30.0 Å². The standard InChI is InChI=1S/C36H48N2O2.C2H4O2.Tl/c1-33(2,3)25-17-23(31(39)27(19-25)35(7,8)9)21-37-29-15-13-14-16-30(29)38-22-24-18-26(34(4,5)6)20-28(32(24)40)36(10,11)12;1-2(3)4;/h13-22,39-40H,1-12H3;1H3,(H,3,4);/q;;+3/p-3. The van der Waals surface area contributed by atoms with Crippen LogP contribution in [0.15, 0.2) is 58.5 Å². The number of hydrogen-bond acceptors (Lipinski definition) is 6. The second-order valence-electron chi connectivity index (χ2n) is 16.0. The van der Waals surface area contributed by atoms with Crippen LogP contribution in [0, 0.1) is 0 Å². The summed E-state index contributed by atoms with van der Waals surface area (Å²) in [6.45, 7) is 27.6. The van der Waals surface area contributed by atoms with Crippen LogP contribution in [0.3, 0.4) is 0 Å². The van der Waals surface area contributed by atoms with Crippen molar-refractivity contribution in [1.82, 2.24) is 0 Å². The third-order valence-corrected chi connectivity index (χ3v) is 13.2. The topological polar surface area (TPSA) is 69.5 Å². The number of hydrogen-bond donors (Lipinski definition) is 0. The molecule has 0 bridgehead atoms. The van der Waals surface area contributed by atoms with Gasteiger partial charge in [-0.15, -0.1) is 0 Å². The summed E-state index contributed by atoms with van der Waals surface area (Å²) in [7, 11) is 0. The van der Waals surface area contributed by atoms with E-state index in [4.69, 9.17) is 18.0 Å². The molecule has 0 fully saturated rings. The monoisotopic (exact) mass is 802 g/mol. The molecule has 0 saturated heterocycles. The molecular formula is C38H49N2O4Tl. The number of aliphatic imine (C=N–C) groups is 2.